The third kappa shape index (κ3) is 8.85. The van der Waals surface area contributed by atoms with Crippen LogP contribution in [0.3, 0.4) is 0 Å². The van der Waals surface area contributed by atoms with Gasteiger partial charge >= 0.3 is 0 Å². The van der Waals surface area contributed by atoms with Crippen LogP contribution < -0.4 is 10.6 Å². The van der Waals surface area contributed by atoms with E-state index in [2.05, 4.69) is 15.6 Å². The molecule has 1 aromatic heterocycles. The van der Waals surface area contributed by atoms with Gasteiger partial charge in [-0.15, -0.1) is 0 Å². The summed E-state index contributed by atoms with van der Waals surface area (Å²) < 4.78 is 13.4. The van der Waals surface area contributed by atoms with Gasteiger partial charge in [0.05, 0.1) is 11.7 Å². The van der Waals surface area contributed by atoms with E-state index in [9.17, 15) is 18.8 Å². The first kappa shape index (κ1) is 30.2. The van der Waals surface area contributed by atoms with Gasteiger partial charge in [-0.1, -0.05) is 57.2 Å². The first-order valence-electron chi connectivity index (χ1n) is 13.7. The van der Waals surface area contributed by atoms with Gasteiger partial charge in [0.15, 0.2) is 6.67 Å². The molecule has 1 aliphatic rings. The predicted molar refractivity (Wildman–Crippen MR) is 149 cm³/mol. The minimum atomic E-state index is -1.07. The van der Waals surface area contributed by atoms with E-state index in [0.29, 0.717) is 26.1 Å². The molecule has 212 valence electrons. The fraction of sp³-hybridized carbons (Fsp3) is 0.533. The van der Waals surface area contributed by atoms with Crippen LogP contribution in [0.4, 0.5) is 4.39 Å². The first-order valence-corrected chi connectivity index (χ1v) is 13.7. The molecule has 8 nitrogen and oxygen atoms in total. The van der Waals surface area contributed by atoms with Gasteiger partial charge in [-0.3, -0.25) is 19.4 Å². The summed E-state index contributed by atoms with van der Waals surface area (Å²) >= 11 is 0. The van der Waals surface area contributed by atoms with Crippen molar-refractivity contribution in [2.45, 2.75) is 71.6 Å². The van der Waals surface area contributed by atoms with Crippen molar-refractivity contribution in [3.63, 3.8) is 0 Å². The lowest BCUT2D eigenvalue weighted by molar-refractivity contribution is -0.142. The maximum atomic E-state index is 13.8. The van der Waals surface area contributed by atoms with E-state index >= 15 is 0 Å². The van der Waals surface area contributed by atoms with Crippen molar-refractivity contribution in [3.05, 3.63) is 66.0 Å². The third-order valence-electron chi connectivity index (χ3n) is 7.18. The molecule has 3 rings (SSSR count). The number of likely N-dealkylation sites (tertiary alicyclic amines) is 1. The van der Waals surface area contributed by atoms with E-state index in [4.69, 9.17) is 0 Å². The number of rotatable bonds is 12. The number of aromatic nitrogens is 1. The van der Waals surface area contributed by atoms with Crippen molar-refractivity contribution >= 4 is 17.7 Å². The normalized spacial score (nSPS) is 16.9. The summed E-state index contributed by atoms with van der Waals surface area (Å²) in [6, 6.07) is 13.8. The standard InChI is InChI=1S/C30H42FN5O3/c1-22(33-20-24-13-8-9-16-32-24)28(38)34-27(30(2,3)4)29(39)36-17-10-14-25(36)21-35(26(37)19-31)18-15-23-11-6-5-7-12-23/h5-9,11-13,16,22,25,27,33H,10,14-15,17-21H2,1-4H3,(H,34,38)/t22-,25-,27+/m0/s1. The molecular weight excluding hydrogens is 497 g/mol. The lowest BCUT2D eigenvalue weighted by Gasteiger charge is -2.37. The molecule has 1 fully saturated rings. The van der Waals surface area contributed by atoms with Gasteiger partial charge in [-0.25, -0.2) is 4.39 Å². The van der Waals surface area contributed by atoms with Crippen molar-refractivity contribution in [3.8, 4) is 0 Å². The second kappa shape index (κ2) is 14.2. The summed E-state index contributed by atoms with van der Waals surface area (Å²) in [6.45, 7) is 8.07. The molecule has 1 saturated heterocycles. The van der Waals surface area contributed by atoms with Gasteiger partial charge in [0.25, 0.3) is 5.91 Å². The molecule has 2 aromatic rings. The van der Waals surface area contributed by atoms with Gasteiger partial charge in [0.1, 0.15) is 6.04 Å². The highest BCUT2D eigenvalue weighted by Crippen LogP contribution is 2.26. The number of nitrogens with one attached hydrogen (secondary N) is 2. The molecular formula is C30H42FN5O3. The Bertz CT molecular complexity index is 1080. The highest BCUT2D eigenvalue weighted by atomic mass is 19.1. The number of benzene rings is 1. The maximum Gasteiger partial charge on any atom is 0.254 e. The summed E-state index contributed by atoms with van der Waals surface area (Å²) in [5, 5.41) is 6.14. The average Bonchev–Trinajstić information content (AvgIpc) is 3.40. The zero-order valence-electron chi connectivity index (χ0n) is 23.5. The third-order valence-corrected chi connectivity index (χ3v) is 7.18. The van der Waals surface area contributed by atoms with Crippen LogP contribution in [0.25, 0.3) is 0 Å². The smallest absolute Gasteiger partial charge is 0.254 e. The largest absolute Gasteiger partial charge is 0.342 e. The fourth-order valence-electron chi connectivity index (χ4n) is 4.82. The molecule has 3 atom stereocenters. The Kier molecular flexibility index (Phi) is 11.0. The van der Waals surface area contributed by atoms with E-state index in [0.717, 1.165) is 24.1 Å². The van der Waals surface area contributed by atoms with Crippen molar-refractivity contribution in [1.82, 2.24) is 25.4 Å². The second-order valence-corrected chi connectivity index (χ2v) is 11.3. The molecule has 1 aromatic carbocycles. The number of pyridine rings is 1. The van der Waals surface area contributed by atoms with Gasteiger partial charge < -0.3 is 20.4 Å². The van der Waals surface area contributed by atoms with Crippen LogP contribution >= 0.6 is 0 Å². The zero-order valence-corrected chi connectivity index (χ0v) is 23.5. The molecule has 2 heterocycles. The molecule has 0 bridgehead atoms. The lowest BCUT2D eigenvalue weighted by atomic mass is 9.85. The number of nitrogens with zero attached hydrogens (tertiary/aromatic N) is 3. The number of amides is 3. The molecule has 9 heteroatoms. The van der Waals surface area contributed by atoms with Crippen molar-refractivity contribution in [1.29, 1.82) is 0 Å². The predicted octanol–water partition coefficient (Wildman–Crippen LogP) is 3.12. The lowest BCUT2D eigenvalue weighted by Crippen LogP contribution is -2.59. The number of halogens is 1. The number of alkyl halides is 1. The van der Waals surface area contributed by atoms with E-state index in [1.54, 1.807) is 18.0 Å². The minimum absolute atomic E-state index is 0.175. The Labute approximate surface area is 231 Å². The minimum Gasteiger partial charge on any atom is -0.342 e. The molecule has 0 aliphatic carbocycles. The van der Waals surface area contributed by atoms with E-state index in [-0.39, 0.29) is 24.4 Å². The van der Waals surface area contributed by atoms with Crippen LogP contribution in [-0.4, -0.2) is 76.9 Å². The van der Waals surface area contributed by atoms with E-state index in [1.807, 2.05) is 69.3 Å². The van der Waals surface area contributed by atoms with E-state index < -0.39 is 30.1 Å². The van der Waals surface area contributed by atoms with E-state index in [1.165, 1.54) is 4.90 Å². The molecule has 39 heavy (non-hydrogen) atoms. The van der Waals surface area contributed by atoms with Crippen LogP contribution in [0.15, 0.2) is 54.7 Å². The highest BCUT2D eigenvalue weighted by molar-refractivity contribution is 5.90. The van der Waals surface area contributed by atoms with Crippen LogP contribution in [0, 0.1) is 5.41 Å². The average molecular weight is 540 g/mol. The first-order chi connectivity index (χ1) is 18.6. The molecule has 0 spiro atoms. The fourth-order valence-corrected chi connectivity index (χ4v) is 4.82. The molecule has 0 saturated carbocycles. The number of hydrogen-bond donors (Lipinski definition) is 2. The molecule has 2 N–H and O–H groups in total. The Morgan fingerprint density at radius 3 is 2.49 bits per heavy atom. The summed E-state index contributed by atoms with van der Waals surface area (Å²) in [5.74, 6) is -1.02. The van der Waals surface area contributed by atoms with Crippen LogP contribution in [-0.2, 0) is 27.3 Å². The topological polar surface area (TPSA) is 94.6 Å². The summed E-state index contributed by atoms with van der Waals surface area (Å²) in [5.41, 5.74) is 1.34. The number of carbonyl (C=O) groups is 3. The van der Waals surface area contributed by atoms with Crippen molar-refractivity contribution in [2.24, 2.45) is 5.41 Å². The molecule has 3 amide bonds. The Balaban J connectivity index is 1.65. The molecule has 0 unspecified atom stereocenters. The van der Waals surface area contributed by atoms with Crippen LogP contribution in [0.2, 0.25) is 0 Å². The van der Waals surface area contributed by atoms with Gasteiger partial charge in [-0.2, -0.15) is 0 Å². The quantitative estimate of drug-likeness (QED) is 0.432. The summed E-state index contributed by atoms with van der Waals surface area (Å²) in [6.07, 6.45) is 3.82. The highest BCUT2D eigenvalue weighted by Gasteiger charge is 2.40. The SMILES string of the molecule is C[C@H](NCc1ccccn1)C(=O)N[C@H](C(=O)N1CCC[C@H]1CN(CCc1ccccc1)C(=O)CF)C(C)(C)C. The Hall–Kier alpha value is -3.33. The van der Waals surface area contributed by atoms with Gasteiger partial charge in [0.2, 0.25) is 11.8 Å². The Morgan fingerprint density at radius 2 is 1.85 bits per heavy atom. The number of hydrogen-bond acceptors (Lipinski definition) is 5. The van der Waals surface area contributed by atoms with Crippen molar-refractivity contribution < 1.29 is 18.8 Å². The van der Waals surface area contributed by atoms with Gasteiger partial charge in [0, 0.05) is 38.4 Å². The van der Waals surface area contributed by atoms with Gasteiger partial charge in [-0.05, 0) is 49.3 Å². The van der Waals surface area contributed by atoms with Crippen molar-refractivity contribution in [2.75, 3.05) is 26.3 Å². The summed E-state index contributed by atoms with van der Waals surface area (Å²) in [4.78, 5) is 46.9. The number of carbonyl (C=O) groups excluding carboxylic acids is 3. The van der Waals surface area contributed by atoms with Crippen LogP contribution in [0.5, 0.6) is 0 Å². The molecule has 1 aliphatic heterocycles. The maximum absolute atomic E-state index is 13.8. The zero-order chi connectivity index (χ0) is 28.4. The monoisotopic (exact) mass is 539 g/mol. The molecule has 0 radical (unpaired) electrons. The second-order valence-electron chi connectivity index (χ2n) is 11.3. The summed E-state index contributed by atoms with van der Waals surface area (Å²) in [7, 11) is 0. The Morgan fingerprint density at radius 1 is 1.13 bits per heavy atom. The van der Waals surface area contributed by atoms with Crippen LogP contribution in [0.1, 0.15) is 51.8 Å².